The molecule has 5 nitrogen and oxygen atoms in total. The van der Waals surface area contributed by atoms with E-state index < -0.39 is 15.0 Å². The summed E-state index contributed by atoms with van der Waals surface area (Å²) >= 11 is 0. The molecular weight excluding hydrogens is 226 g/mol. The maximum absolute atomic E-state index is 11.2. The van der Waals surface area contributed by atoms with E-state index in [4.69, 9.17) is 9.11 Å². The molecule has 0 unspecified atom stereocenters. The van der Waals surface area contributed by atoms with Crippen molar-refractivity contribution in [2.45, 2.75) is 0 Å². The molecule has 1 aromatic rings. The van der Waals surface area contributed by atoms with E-state index >= 15 is 0 Å². The van der Waals surface area contributed by atoms with Gasteiger partial charge in [-0.25, -0.2) is 9.11 Å². The highest BCUT2D eigenvalue weighted by molar-refractivity contribution is 8.33. The maximum Gasteiger partial charge on any atom is 0.462 e. The number of benzene rings is 1. The topological polar surface area (TPSA) is 86.6 Å². The first kappa shape index (κ1) is 11.1. The maximum atomic E-state index is 11.2. The third-order valence-corrected chi connectivity index (χ3v) is 2.67. The van der Waals surface area contributed by atoms with Crippen molar-refractivity contribution < 1.29 is 18.1 Å². The molecule has 0 atom stereocenters. The SMILES string of the molecule is O=C(N[S+]=S(=O)(O)O)c1ccccc1. The highest BCUT2D eigenvalue weighted by Gasteiger charge is 2.15. The lowest BCUT2D eigenvalue weighted by Gasteiger charge is -1.91. The van der Waals surface area contributed by atoms with Gasteiger partial charge in [0.2, 0.25) is 0 Å². The van der Waals surface area contributed by atoms with Gasteiger partial charge in [-0.2, -0.15) is 4.21 Å². The molecule has 0 heterocycles. The first-order valence-corrected chi connectivity index (χ1v) is 6.32. The Bertz CT molecular complexity index is 428. The fourth-order valence-corrected chi connectivity index (χ4v) is 1.60. The summed E-state index contributed by atoms with van der Waals surface area (Å²) in [4.78, 5) is 11.2. The van der Waals surface area contributed by atoms with Crippen molar-refractivity contribution in [3.05, 3.63) is 35.9 Å². The van der Waals surface area contributed by atoms with Gasteiger partial charge in [-0.15, -0.1) is 0 Å². The van der Waals surface area contributed by atoms with Crippen molar-refractivity contribution in [1.82, 2.24) is 4.72 Å². The summed E-state index contributed by atoms with van der Waals surface area (Å²) in [6, 6.07) is 8.16. The number of hydrogen-bond acceptors (Lipinski definition) is 2. The third kappa shape index (κ3) is 3.79. The molecule has 14 heavy (non-hydrogen) atoms. The average Bonchev–Trinajstić information content (AvgIpc) is 2.14. The quantitative estimate of drug-likeness (QED) is 0.515. The molecule has 1 aromatic carbocycles. The summed E-state index contributed by atoms with van der Waals surface area (Å²) in [6.07, 6.45) is 0. The van der Waals surface area contributed by atoms with Crippen LogP contribution in [0, 0.1) is 0 Å². The average molecular weight is 234 g/mol. The van der Waals surface area contributed by atoms with Gasteiger partial charge in [-0.3, -0.25) is 4.79 Å². The van der Waals surface area contributed by atoms with Crippen LogP contribution >= 0.6 is 0 Å². The lowest BCUT2D eigenvalue weighted by atomic mass is 10.2. The highest BCUT2D eigenvalue weighted by Crippen LogP contribution is 1.97. The molecule has 76 valence electrons. The van der Waals surface area contributed by atoms with E-state index in [1.807, 2.05) is 4.72 Å². The molecule has 1 rings (SSSR count). The number of hydrogen-bond donors (Lipinski definition) is 3. The second-order valence-corrected chi connectivity index (χ2v) is 5.40. The molecule has 0 aliphatic heterocycles. The Morgan fingerprint density at radius 2 is 1.86 bits per heavy atom. The van der Waals surface area contributed by atoms with Crippen molar-refractivity contribution in [3.8, 4) is 0 Å². The van der Waals surface area contributed by atoms with Gasteiger partial charge in [-0.05, 0) is 12.1 Å². The monoisotopic (exact) mass is 234 g/mol. The van der Waals surface area contributed by atoms with Gasteiger partial charge in [0, 0.05) is 5.56 Å². The first-order valence-electron chi connectivity index (χ1n) is 3.52. The van der Waals surface area contributed by atoms with Gasteiger partial charge in [0.15, 0.2) is 0 Å². The summed E-state index contributed by atoms with van der Waals surface area (Å²) < 4.78 is 29.3. The molecule has 3 N–H and O–H groups in total. The Morgan fingerprint density at radius 1 is 1.29 bits per heavy atom. The minimum absolute atomic E-state index is 0.0759. The minimum atomic E-state index is -3.99. The molecule has 0 saturated heterocycles. The second kappa shape index (κ2) is 4.47. The number of carbonyl (C=O) groups is 1. The van der Waals surface area contributed by atoms with Crippen molar-refractivity contribution >= 4 is 25.5 Å². The van der Waals surface area contributed by atoms with Crippen molar-refractivity contribution in [3.63, 3.8) is 0 Å². The third-order valence-electron chi connectivity index (χ3n) is 1.28. The van der Waals surface area contributed by atoms with Gasteiger partial charge in [-0.1, -0.05) is 22.9 Å². The highest BCUT2D eigenvalue weighted by atomic mass is 32.9. The van der Waals surface area contributed by atoms with Crippen LogP contribution in [-0.4, -0.2) is 19.2 Å². The van der Waals surface area contributed by atoms with Crippen LogP contribution in [0.15, 0.2) is 30.3 Å². The van der Waals surface area contributed by atoms with Gasteiger partial charge in [0.25, 0.3) is 0 Å². The Kier molecular flexibility index (Phi) is 3.53. The van der Waals surface area contributed by atoms with Crippen LogP contribution in [0.25, 0.3) is 0 Å². The fourth-order valence-electron chi connectivity index (χ4n) is 0.741. The largest absolute Gasteiger partial charge is 0.462 e. The van der Waals surface area contributed by atoms with E-state index in [9.17, 15) is 9.00 Å². The Balaban J connectivity index is 2.75. The minimum Gasteiger partial charge on any atom is -0.264 e. The molecule has 0 aromatic heterocycles. The molecule has 0 aliphatic carbocycles. The van der Waals surface area contributed by atoms with Crippen molar-refractivity contribution in [2.24, 2.45) is 0 Å². The predicted octanol–water partition coefficient (Wildman–Crippen LogP) is 0.559. The summed E-state index contributed by atoms with van der Waals surface area (Å²) in [5.74, 6) is -0.536. The number of carbonyl (C=O) groups excluding carboxylic acids is 1. The normalized spacial score (nSPS) is 10.7. The zero-order valence-corrected chi connectivity index (χ0v) is 8.55. The second-order valence-electron chi connectivity index (χ2n) is 2.33. The molecule has 7 heteroatoms. The van der Waals surface area contributed by atoms with E-state index in [1.165, 1.54) is 0 Å². The molecular formula is C7H8NO4S2+. The fraction of sp³-hybridized carbons (Fsp3) is 0. The van der Waals surface area contributed by atoms with Crippen LogP contribution in [0.1, 0.15) is 10.4 Å². The van der Waals surface area contributed by atoms with E-state index in [0.29, 0.717) is 5.56 Å². The number of rotatable bonds is 2. The lowest BCUT2D eigenvalue weighted by molar-refractivity contribution is 0.0984. The standard InChI is InChI=1S/C7H7NO4S2/c9-7(8-13-14(10,11)12)6-4-2-1-3-5-6/h1-5H,(H2-,8,9,10,11,12)/p+1. The van der Waals surface area contributed by atoms with Gasteiger partial charge >= 0.3 is 25.5 Å². The Morgan fingerprint density at radius 3 is 2.36 bits per heavy atom. The van der Waals surface area contributed by atoms with Crippen LogP contribution in [0.2, 0.25) is 0 Å². The van der Waals surface area contributed by atoms with Crippen LogP contribution < -0.4 is 4.72 Å². The summed E-state index contributed by atoms with van der Waals surface area (Å²) in [6.45, 7) is 0. The molecule has 0 bridgehead atoms. The van der Waals surface area contributed by atoms with E-state index in [2.05, 4.69) is 0 Å². The van der Waals surface area contributed by atoms with Crippen molar-refractivity contribution in [1.29, 1.82) is 0 Å². The molecule has 1 amide bonds. The van der Waals surface area contributed by atoms with E-state index in [1.54, 1.807) is 30.3 Å². The molecule has 0 saturated carbocycles. The number of amides is 1. The van der Waals surface area contributed by atoms with E-state index in [0.717, 1.165) is 0 Å². The lowest BCUT2D eigenvalue weighted by Crippen LogP contribution is -2.21. The molecule has 0 spiro atoms. The van der Waals surface area contributed by atoms with Crippen molar-refractivity contribution in [2.75, 3.05) is 0 Å². The zero-order valence-electron chi connectivity index (χ0n) is 6.91. The smallest absolute Gasteiger partial charge is 0.264 e. The van der Waals surface area contributed by atoms with Crippen LogP contribution in [-0.2, 0) is 19.6 Å². The Hall–Kier alpha value is -1.02. The van der Waals surface area contributed by atoms with Gasteiger partial charge in [0.1, 0.15) is 0 Å². The number of nitrogens with one attached hydrogen (secondary N) is 1. The van der Waals surface area contributed by atoms with Gasteiger partial charge in [0.05, 0.1) is 0 Å². The van der Waals surface area contributed by atoms with Gasteiger partial charge < -0.3 is 0 Å². The van der Waals surface area contributed by atoms with Crippen LogP contribution in [0.5, 0.6) is 0 Å². The first-order chi connectivity index (χ1) is 6.49. The van der Waals surface area contributed by atoms with E-state index in [-0.39, 0.29) is 10.5 Å². The molecule has 0 radical (unpaired) electrons. The summed E-state index contributed by atoms with van der Waals surface area (Å²) in [5, 5.41) is 0. The molecule has 0 aliphatic rings. The Labute approximate surface area is 84.6 Å². The van der Waals surface area contributed by atoms with Crippen LogP contribution in [0.3, 0.4) is 0 Å². The van der Waals surface area contributed by atoms with Crippen LogP contribution in [0.4, 0.5) is 0 Å². The summed E-state index contributed by atoms with van der Waals surface area (Å²) in [7, 11) is -3.92. The molecule has 0 fully saturated rings. The zero-order chi connectivity index (χ0) is 10.6. The summed E-state index contributed by atoms with van der Waals surface area (Å²) in [5.41, 5.74) is 0.351. The predicted molar refractivity (Wildman–Crippen MR) is 54.7 cm³/mol.